The lowest BCUT2D eigenvalue weighted by Crippen LogP contribution is -2.39. The van der Waals surface area contributed by atoms with Crippen LogP contribution in [0.3, 0.4) is 0 Å². The lowest BCUT2D eigenvalue weighted by atomic mass is 9.73. The first-order chi connectivity index (χ1) is 18.8. The number of Topliss-reactive ketones (excluding diaryl/α,β-unsaturated/α-hetero) is 1. The number of halogens is 1. The highest BCUT2D eigenvalue weighted by Crippen LogP contribution is 2.47. The SMILES string of the molecule is CCc1ccc(N2C(N)=C(C#N)C(c3cc(C)cc(COc4ccccc4Cl)c3C)C3=C2CCCC3=O)cc1. The van der Waals surface area contributed by atoms with Crippen LogP contribution in [-0.2, 0) is 17.8 Å². The molecule has 5 rings (SSSR count). The van der Waals surface area contributed by atoms with Crippen molar-refractivity contribution in [2.75, 3.05) is 4.90 Å². The average molecular weight is 538 g/mol. The van der Waals surface area contributed by atoms with Gasteiger partial charge in [-0.15, -0.1) is 0 Å². The van der Waals surface area contributed by atoms with Crippen LogP contribution in [0.15, 0.2) is 83.3 Å². The van der Waals surface area contributed by atoms with Crippen LogP contribution in [0, 0.1) is 25.2 Å². The Morgan fingerprint density at radius 2 is 1.85 bits per heavy atom. The number of ketones is 1. The normalized spacial score (nSPS) is 17.3. The summed E-state index contributed by atoms with van der Waals surface area (Å²) in [6, 6.07) is 22.1. The molecule has 0 saturated carbocycles. The van der Waals surface area contributed by atoms with Crippen LogP contribution in [0.2, 0.25) is 5.02 Å². The Kier molecular flexibility index (Phi) is 7.50. The van der Waals surface area contributed by atoms with Gasteiger partial charge >= 0.3 is 0 Å². The van der Waals surface area contributed by atoms with Crippen molar-refractivity contribution in [1.82, 2.24) is 0 Å². The van der Waals surface area contributed by atoms with E-state index in [-0.39, 0.29) is 5.78 Å². The van der Waals surface area contributed by atoms with Crippen molar-refractivity contribution in [1.29, 1.82) is 5.26 Å². The van der Waals surface area contributed by atoms with Crippen LogP contribution < -0.4 is 15.4 Å². The Balaban J connectivity index is 1.63. The minimum atomic E-state index is -0.525. The van der Waals surface area contributed by atoms with E-state index in [9.17, 15) is 10.1 Å². The number of carbonyl (C=O) groups is 1. The van der Waals surface area contributed by atoms with Gasteiger partial charge < -0.3 is 10.5 Å². The van der Waals surface area contributed by atoms with Gasteiger partial charge in [-0.3, -0.25) is 9.69 Å². The number of nitrogens with zero attached hydrogens (tertiary/aromatic N) is 2. The second kappa shape index (κ2) is 11.0. The number of carbonyl (C=O) groups excluding carboxylic acids is 1. The highest BCUT2D eigenvalue weighted by Gasteiger charge is 2.41. The van der Waals surface area contributed by atoms with Gasteiger partial charge in [-0.1, -0.05) is 60.5 Å². The molecule has 0 aromatic heterocycles. The molecule has 6 heteroatoms. The number of hydrogen-bond acceptors (Lipinski definition) is 5. The molecule has 1 unspecified atom stereocenters. The van der Waals surface area contributed by atoms with Crippen LogP contribution in [0.4, 0.5) is 5.69 Å². The molecule has 1 aliphatic heterocycles. The molecular formula is C33H32ClN3O2. The molecule has 1 atom stereocenters. The van der Waals surface area contributed by atoms with Crippen molar-refractivity contribution >= 4 is 23.1 Å². The first-order valence-corrected chi connectivity index (χ1v) is 13.7. The van der Waals surface area contributed by atoms with Gasteiger partial charge in [0.2, 0.25) is 0 Å². The number of allylic oxidation sites excluding steroid dienone is 3. The number of ether oxygens (including phenoxy) is 1. The summed E-state index contributed by atoms with van der Waals surface area (Å²) in [7, 11) is 0. The number of aryl methyl sites for hydroxylation is 2. The summed E-state index contributed by atoms with van der Waals surface area (Å²) >= 11 is 6.31. The van der Waals surface area contributed by atoms with Crippen molar-refractivity contribution in [3.05, 3.63) is 116 Å². The van der Waals surface area contributed by atoms with Crippen molar-refractivity contribution in [2.24, 2.45) is 5.73 Å². The molecule has 5 nitrogen and oxygen atoms in total. The van der Waals surface area contributed by atoms with E-state index in [2.05, 4.69) is 37.3 Å². The Hall–Kier alpha value is -4.01. The number of benzene rings is 3. The third-order valence-electron chi connectivity index (χ3n) is 7.75. The molecule has 2 aliphatic rings. The number of nitriles is 1. The van der Waals surface area contributed by atoms with E-state index in [1.807, 2.05) is 49.1 Å². The number of hydrogen-bond donors (Lipinski definition) is 1. The molecule has 1 heterocycles. The molecule has 0 radical (unpaired) electrons. The first-order valence-electron chi connectivity index (χ1n) is 13.4. The van der Waals surface area contributed by atoms with Crippen LogP contribution in [-0.4, -0.2) is 5.78 Å². The van der Waals surface area contributed by atoms with Gasteiger partial charge in [-0.25, -0.2) is 0 Å². The highest BCUT2D eigenvalue weighted by atomic mass is 35.5. The van der Waals surface area contributed by atoms with Crippen LogP contribution >= 0.6 is 11.6 Å². The number of nitrogens with two attached hydrogens (primary N) is 1. The summed E-state index contributed by atoms with van der Waals surface area (Å²) in [6.45, 7) is 6.47. The fraction of sp³-hybridized carbons (Fsp3) is 0.273. The van der Waals surface area contributed by atoms with Gasteiger partial charge in [-0.05, 0) is 79.6 Å². The first kappa shape index (κ1) is 26.6. The quantitative estimate of drug-likeness (QED) is 0.354. The standard InChI is InChI=1S/C33H32ClN3O2/c1-4-22-12-14-24(15-13-22)37-28-9-7-10-29(38)32(28)31(26(18-35)33(37)36)25-17-20(2)16-23(21(25)3)19-39-30-11-6-5-8-27(30)34/h5-6,8,11-17,31H,4,7,9-10,19,36H2,1-3H3. The molecule has 39 heavy (non-hydrogen) atoms. The van der Waals surface area contributed by atoms with E-state index in [0.29, 0.717) is 40.8 Å². The maximum absolute atomic E-state index is 13.6. The summed E-state index contributed by atoms with van der Waals surface area (Å²) in [5.41, 5.74) is 14.7. The highest BCUT2D eigenvalue weighted by molar-refractivity contribution is 6.32. The van der Waals surface area contributed by atoms with Crippen LogP contribution in [0.1, 0.15) is 59.9 Å². The van der Waals surface area contributed by atoms with Crippen molar-refractivity contribution < 1.29 is 9.53 Å². The molecular weight excluding hydrogens is 506 g/mol. The molecule has 0 saturated heterocycles. The van der Waals surface area contributed by atoms with Crippen molar-refractivity contribution in [3.63, 3.8) is 0 Å². The van der Waals surface area contributed by atoms with Crippen LogP contribution in [0.25, 0.3) is 0 Å². The Morgan fingerprint density at radius 3 is 2.54 bits per heavy atom. The molecule has 2 N–H and O–H groups in total. The van der Waals surface area contributed by atoms with Gasteiger partial charge in [0.1, 0.15) is 18.2 Å². The topological polar surface area (TPSA) is 79.3 Å². The summed E-state index contributed by atoms with van der Waals surface area (Å²) in [4.78, 5) is 15.5. The summed E-state index contributed by atoms with van der Waals surface area (Å²) in [5, 5.41) is 11.0. The average Bonchev–Trinajstić information content (AvgIpc) is 2.94. The number of rotatable bonds is 6. The van der Waals surface area contributed by atoms with Crippen molar-refractivity contribution in [3.8, 4) is 11.8 Å². The molecule has 0 spiro atoms. The van der Waals surface area contributed by atoms with Crippen molar-refractivity contribution in [2.45, 2.75) is 59.0 Å². The monoisotopic (exact) mass is 537 g/mol. The minimum absolute atomic E-state index is 0.0754. The van der Waals surface area contributed by atoms with Gasteiger partial charge in [0.15, 0.2) is 5.78 Å². The molecule has 0 bridgehead atoms. The molecule has 0 fully saturated rings. The fourth-order valence-electron chi connectivity index (χ4n) is 5.70. The van der Waals surface area contributed by atoms with Gasteiger partial charge in [0.05, 0.1) is 22.6 Å². The lowest BCUT2D eigenvalue weighted by Gasteiger charge is -2.40. The zero-order valence-electron chi connectivity index (χ0n) is 22.6. The Morgan fingerprint density at radius 1 is 1.10 bits per heavy atom. The molecule has 3 aromatic carbocycles. The maximum atomic E-state index is 13.6. The third-order valence-corrected chi connectivity index (χ3v) is 8.06. The van der Waals surface area contributed by atoms with Crippen LogP contribution in [0.5, 0.6) is 5.75 Å². The minimum Gasteiger partial charge on any atom is -0.487 e. The largest absolute Gasteiger partial charge is 0.487 e. The maximum Gasteiger partial charge on any atom is 0.161 e. The van der Waals surface area contributed by atoms with E-state index < -0.39 is 5.92 Å². The predicted octanol–water partition coefficient (Wildman–Crippen LogP) is 7.40. The molecule has 0 amide bonds. The zero-order chi connectivity index (χ0) is 27.7. The second-order valence-electron chi connectivity index (χ2n) is 10.2. The smallest absolute Gasteiger partial charge is 0.161 e. The van der Waals surface area contributed by atoms with E-state index in [0.717, 1.165) is 52.9 Å². The Labute approximate surface area is 235 Å². The third kappa shape index (κ3) is 4.93. The van der Waals surface area contributed by atoms with E-state index >= 15 is 0 Å². The molecule has 198 valence electrons. The summed E-state index contributed by atoms with van der Waals surface area (Å²) in [5.74, 6) is 0.544. The fourth-order valence-corrected chi connectivity index (χ4v) is 5.89. The number of anilines is 1. The number of para-hydroxylation sites is 1. The second-order valence-corrected chi connectivity index (χ2v) is 10.6. The van der Waals surface area contributed by atoms with E-state index in [1.165, 1.54) is 5.56 Å². The Bertz CT molecular complexity index is 1550. The van der Waals surface area contributed by atoms with Gasteiger partial charge in [-0.2, -0.15) is 5.26 Å². The summed E-state index contributed by atoms with van der Waals surface area (Å²) in [6.07, 6.45) is 2.87. The van der Waals surface area contributed by atoms with E-state index in [4.69, 9.17) is 22.1 Å². The van der Waals surface area contributed by atoms with Gasteiger partial charge in [0.25, 0.3) is 0 Å². The lowest BCUT2D eigenvalue weighted by molar-refractivity contribution is -0.116. The molecule has 1 aliphatic carbocycles. The summed E-state index contributed by atoms with van der Waals surface area (Å²) < 4.78 is 6.08. The zero-order valence-corrected chi connectivity index (χ0v) is 23.3. The predicted molar refractivity (Wildman–Crippen MR) is 155 cm³/mol. The van der Waals surface area contributed by atoms with Gasteiger partial charge in [0, 0.05) is 23.4 Å². The molecule has 3 aromatic rings. The van der Waals surface area contributed by atoms with E-state index in [1.54, 1.807) is 6.07 Å².